The third-order valence-corrected chi connectivity index (χ3v) is 3.67. The third kappa shape index (κ3) is 9.46. The van der Waals surface area contributed by atoms with Crippen molar-refractivity contribution in [2.45, 2.75) is 47.1 Å². The Morgan fingerprint density at radius 3 is 1.73 bits per heavy atom. The highest BCUT2D eigenvalue weighted by Crippen LogP contribution is 2.22. The summed E-state index contributed by atoms with van der Waals surface area (Å²) in [6.07, 6.45) is 0.879. The van der Waals surface area contributed by atoms with Gasteiger partial charge in [0.15, 0.2) is 0 Å². The Bertz CT molecular complexity index is 216. The summed E-state index contributed by atoms with van der Waals surface area (Å²) in [5.41, 5.74) is 0.158. The molecule has 0 aliphatic carbocycles. The summed E-state index contributed by atoms with van der Waals surface area (Å²) in [6, 6.07) is 0.669. The molecule has 0 heterocycles. The van der Waals surface area contributed by atoms with E-state index in [0.717, 1.165) is 6.42 Å². The second kappa shape index (κ2) is 5.90. The SMILES string of the molecule is CC(=O)O[SiH](CCC(C)(C)C)OC(C)=O. The monoisotopic (exact) mass is 232 g/mol. The maximum atomic E-state index is 10.8. The Morgan fingerprint density at radius 1 is 1.07 bits per heavy atom. The zero-order valence-electron chi connectivity index (χ0n) is 10.1. The minimum absolute atomic E-state index is 0.158. The molecule has 0 N–H and O–H groups in total. The molecule has 0 fully saturated rings. The van der Waals surface area contributed by atoms with Crippen LogP contribution in [0.2, 0.25) is 6.04 Å². The van der Waals surface area contributed by atoms with E-state index in [2.05, 4.69) is 20.8 Å². The van der Waals surface area contributed by atoms with Gasteiger partial charge in [0.05, 0.1) is 0 Å². The topological polar surface area (TPSA) is 52.6 Å². The summed E-state index contributed by atoms with van der Waals surface area (Å²) in [6.45, 7) is 8.96. The van der Waals surface area contributed by atoms with Crippen molar-refractivity contribution < 1.29 is 18.4 Å². The zero-order valence-corrected chi connectivity index (χ0v) is 11.3. The maximum absolute atomic E-state index is 10.8. The normalized spacial score (nSPS) is 11.3. The van der Waals surface area contributed by atoms with Crippen molar-refractivity contribution in [3.8, 4) is 0 Å². The molecule has 88 valence electrons. The molecule has 0 spiro atoms. The summed E-state index contributed by atoms with van der Waals surface area (Å²) in [5, 5.41) is 0. The summed E-state index contributed by atoms with van der Waals surface area (Å²) >= 11 is 0. The van der Waals surface area contributed by atoms with Crippen LogP contribution in [0.25, 0.3) is 0 Å². The third-order valence-electron chi connectivity index (χ3n) is 1.72. The van der Waals surface area contributed by atoms with Gasteiger partial charge in [-0.15, -0.1) is 0 Å². The van der Waals surface area contributed by atoms with Crippen LogP contribution in [0.5, 0.6) is 0 Å². The molecule has 0 rings (SSSR count). The molecule has 0 aromatic rings. The number of rotatable bonds is 4. The van der Waals surface area contributed by atoms with Gasteiger partial charge in [0.2, 0.25) is 0 Å². The van der Waals surface area contributed by atoms with Crippen molar-refractivity contribution in [2.24, 2.45) is 5.41 Å². The van der Waals surface area contributed by atoms with Gasteiger partial charge in [-0.2, -0.15) is 0 Å². The maximum Gasteiger partial charge on any atom is 0.448 e. The highest BCUT2D eigenvalue weighted by molar-refractivity contribution is 6.48. The second-order valence-corrected chi connectivity index (χ2v) is 6.66. The molecule has 0 amide bonds. The molecule has 0 radical (unpaired) electrons. The molecule has 0 saturated carbocycles. The predicted molar refractivity (Wildman–Crippen MR) is 59.6 cm³/mol. The van der Waals surface area contributed by atoms with Crippen molar-refractivity contribution in [1.29, 1.82) is 0 Å². The van der Waals surface area contributed by atoms with Gasteiger partial charge in [0.25, 0.3) is 11.9 Å². The van der Waals surface area contributed by atoms with Gasteiger partial charge >= 0.3 is 9.28 Å². The van der Waals surface area contributed by atoms with E-state index in [9.17, 15) is 9.59 Å². The Hall–Kier alpha value is -0.843. The van der Waals surface area contributed by atoms with E-state index >= 15 is 0 Å². The van der Waals surface area contributed by atoms with Gasteiger partial charge in [0.1, 0.15) is 0 Å². The summed E-state index contributed by atoms with van der Waals surface area (Å²) in [5.74, 6) is -0.747. The van der Waals surface area contributed by atoms with Crippen molar-refractivity contribution in [1.82, 2.24) is 0 Å². The Kier molecular flexibility index (Phi) is 5.57. The molecule has 15 heavy (non-hydrogen) atoms. The molecule has 0 bridgehead atoms. The molecule has 0 aliphatic rings. The van der Waals surface area contributed by atoms with Crippen molar-refractivity contribution in [2.75, 3.05) is 0 Å². The molecular weight excluding hydrogens is 212 g/mol. The first-order valence-electron chi connectivity index (χ1n) is 5.05. The first-order valence-corrected chi connectivity index (χ1v) is 6.81. The fraction of sp³-hybridized carbons (Fsp3) is 0.800. The van der Waals surface area contributed by atoms with E-state index in [1.807, 2.05) is 0 Å². The van der Waals surface area contributed by atoms with Crippen LogP contribution in [-0.2, 0) is 18.4 Å². The standard InChI is InChI=1S/C10H20O4Si/c1-8(11)13-15(14-9(2)12)7-6-10(3,4)5/h15H,6-7H2,1-5H3. The van der Waals surface area contributed by atoms with Crippen molar-refractivity contribution in [3.63, 3.8) is 0 Å². The first kappa shape index (κ1) is 14.2. The molecule has 0 aliphatic heterocycles. The zero-order chi connectivity index (χ0) is 12.1. The Balaban J connectivity index is 4.12. The summed E-state index contributed by atoms with van der Waals surface area (Å²) in [7, 11) is -2.15. The fourth-order valence-electron chi connectivity index (χ4n) is 1.06. The average Bonchev–Trinajstić information content (AvgIpc) is 1.96. The van der Waals surface area contributed by atoms with Crippen LogP contribution >= 0.6 is 0 Å². The average molecular weight is 232 g/mol. The van der Waals surface area contributed by atoms with Gasteiger partial charge in [-0.1, -0.05) is 20.8 Å². The molecule has 5 heteroatoms. The van der Waals surface area contributed by atoms with Gasteiger partial charge in [0, 0.05) is 19.9 Å². The summed E-state index contributed by atoms with van der Waals surface area (Å²) < 4.78 is 10.0. The first-order chi connectivity index (χ1) is 6.70. The van der Waals surface area contributed by atoms with Crippen LogP contribution in [0.15, 0.2) is 0 Å². The van der Waals surface area contributed by atoms with Crippen LogP contribution in [0, 0.1) is 5.41 Å². The minimum Gasteiger partial charge on any atom is -0.487 e. The van der Waals surface area contributed by atoms with Crippen molar-refractivity contribution >= 4 is 21.2 Å². The van der Waals surface area contributed by atoms with Crippen LogP contribution in [0.3, 0.4) is 0 Å². The van der Waals surface area contributed by atoms with Crippen LogP contribution in [0.1, 0.15) is 41.0 Å². The quantitative estimate of drug-likeness (QED) is 0.693. The second-order valence-electron chi connectivity index (χ2n) is 4.75. The van der Waals surface area contributed by atoms with E-state index in [1.54, 1.807) is 0 Å². The number of carbonyl (C=O) groups excluding carboxylic acids is 2. The lowest BCUT2D eigenvalue weighted by Crippen LogP contribution is -2.28. The molecule has 4 nitrogen and oxygen atoms in total. The van der Waals surface area contributed by atoms with Crippen LogP contribution < -0.4 is 0 Å². The van der Waals surface area contributed by atoms with Gasteiger partial charge in [-0.05, 0) is 11.8 Å². The van der Waals surface area contributed by atoms with E-state index in [1.165, 1.54) is 13.8 Å². The number of hydrogen-bond acceptors (Lipinski definition) is 4. The molecule has 0 aromatic heterocycles. The van der Waals surface area contributed by atoms with E-state index in [-0.39, 0.29) is 17.4 Å². The van der Waals surface area contributed by atoms with Crippen molar-refractivity contribution in [3.05, 3.63) is 0 Å². The molecule has 0 unspecified atom stereocenters. The lowest BCUT2D eigenvalue weighted by Gasteiger charge is -2.21. The lowest BCUT2D eigenvalue weighted by molar-refractivity contribution is -0.137. The van der Waals surface area contributed by atoms with Crippen LogP contribution in [0.4, 0.5) is 0 Å². The predicted octanol–water partition coefficient (Wildman–Crippen LogP) is 1.77. The molecule has 0 aromatic carbocycles. The lowest BCUT2D eigenvalue weighted by atomic mass is 9.94. The molecule has 0 atom stereocenters. The fourth-order valence-corrected chi connectivity index (χ4v) is 3.19. The Labute approximate surface area is 92.8 Å². The van der Waals surface area contributed by atoms with Gasteiger partial charge < -0.3 is 8.85 Å². The van der Waals surface area contributed by atoms with E-state index < -0.39 is 9.28 Å². The van der Waals surface area contributed by atoms with E-state index in [0.29, 0.717) is 6.04 Å². The van der Waals surface area contributed by atoms with Gasteiger partial charge in [-0.25, -0.2) is 0 Å². The molecule has 0 saturated heterocycles. The summed E-state index contributed by atoms with van der Waals surface area (Å²) in [4.78, 5) is 21.6. The number of hydrogen-bond donors (Lipinski definition) is 0. The van der Waals surface area contributed by atoms with E-state index in [4.69, 9.17) is 8.85 Å². The van der Waals surface area contributed by atoms with Crippen LogP contribution in [-0.4, -0.2) is 21.2 Å². The van der Waals surface area contributed by atoms with Gasteiger partial charge in [-0.3, -0.25) is 9.59 Å². The smallest absolute Gasteiger partial charge is 0.448 e. The largest absolute Gasteiger partial charge is 0.487 e. The number of carbonyl (C=O) groups is 2. The highest BCUT2D eigenvalue weighted by Gasteiger charge is 2.23. The minimum atomic E-state index is -2.15. The molecular formula is C10H20O4Si. The highest BCUT2D eigenvalue weighted by atomic mass is 28.3. The Morgan fingerprint density at radius 2 is 1.47 bits per heavy atom.